The van der Waals surface area contributed by atoms with Gasteiger partial charge in [0.25, 0.3) is 0 Å². The Morgan fingerprint density at radius 3 is 2.23 bits per heavy atom. The number of piperazine rings is 1. The fraction of sp³-hybridized carbons (Fsp3) is 0.375. The lowest BCUT2D eigenvalue weighted by atomic mass is 10.1. The molecule has 11 heteroatoms. The number of carbonyl (C=O) groups is 1. The largest absolute Gasteiger partial charge is 0.470 e. The molecule has 0 spiro atoms. The summed E-state index contributed by atoms with van der Waals surface area (Å²) in [7, 11) is 0. The van der Waals surface area contributed by atoms with E-state index < -0.39 is 12.1 Å². The number of aromatic nitrogens is 2. The molecule has 2 atom stereocenters. The Kier molecular flexibility index (Phi) is 7.36. The molecule has 1 aromatic heterocycles. The van der Waals surface area contributed by atoms with Gasteiger partial charge in [0.15, 0.2) is 0 Å². The highest BCUT2D eigenvalue weighted by Gasteiger charge is 2.38. The first-order valence-corrected chi connectivity index (χ1v) is 12.3. The molecule has 2 amide bonds. The van der Waals surface area contributed by atoms with E-state index >= 15 is 0 Å². The quantitative estimate of drug-likeness (QED) is 0.424. The lowest BCUT2D eigenvalue weighted by Gasteiger charge is -2.44. The maximum absolute atomic E-state index is 13.7. The highest BCUT2D eigenvalue weighted by atomic mass is 32.2. The van der Waals surface area contributed by atoms with E-state index in [1.54, 1.807) is 41.1 Å². The van der Waals surface area contributed by atoms with Crippen LogP contribution in [0.3, 0.4) is 0 Å². The van der Waals surface area contributed by atoms with Crippen molar-refractivity contribution >= 4 is 23.7 Å². The van der Waals surface area contributed by atoms with Gasteiger partial charge in [0.2, 0.25) is 5.89 Å². The van der Waals surface area contributed by atoms with Crippen LogP contribution >= 0.6 is 11.9 Å². The van der Waals surface area contributed by atoms with E-state index in [1.807, 2.05) is 41.5 Å². The van der Waals surface area contributed by atoms with Gasteiger partial charge in [-0.1, -0.05) is 42.3 Å². The smallest absolute Gasteiger partial charge is 0.413 e. The van der Waals surface area contributed by atoms with Crippen LogP contribution in [-0.2, 0) is 12.7 Å². The van der Waals surface area contributed by atoms with Crippen LogP contribution in [0.5, 0.6) is 0 Å². The Morgan fingerprint density at radius 1 is 1.06 bits per heavy atom. The Balaban J connectivity index is 1.55. The van der Waals surface area contributed by atoms with E-state index in [0.717, 1.165) is 11.3 Å². The van der Waals surface area contributed by atoms with Crippen LogP contribution in [0.25, 0.3) is 11.5 Å². The first-order chi connectivity index (χ1) is 16.7. The zero-order chi connectivity index (χ0) is 25.2. The minimum atomic E-state index is -4.70. The predicted octanol–water partition coefficient (Wildman–Crippen LogP) is 5.55. The van der Waals surface area contributed by atoms with Crippen LogP contribution in [0.2, 0.25) is 0 Å². The Morgan fingerprint density at radius 2 is 1.69 bits per heavy atom. The van der Waals surface area contributed by atoms with Crippen LogP contribution < -0.4 is 4.90 Å². The van der Waals surface area contributed by atoms with E-state index in [9.17, 15) is 18.0 Å². The van der Waals surface area contributed by atoms with Crippen LogP contribution in [0, 0.1) is 0 Å². The fourth-order valence-electron chi connectivity index (χ4n) is 4.26. The van der Waals surface area contributed by atoms with Gasteiger partial charge in [-0.25, -0.2) is 9.10 Å². The second-order valence-electron chi connectivity index (χ2n) is 8.46. The third kappa shape index (κ3) is 5.62. The molecule has 35 heavy (non-hydrogen) atoms. The van der Waals surface area contributed by atoms with E-state index in [0.29, 0.717) is 25.2 Å². The van der Waals surface area contributed by atoms with Gasteiger partial charge < -0.3 is 9.32 Å². The summed E-state index contributed by atoms with van der Waals surface area (Å²) in [5.74, 6) is -1.60. The zero-order valence-electron chi connectivity index (χ0n) is 19.6. The van der Waals surface area contributed by atoms with Crippen molar-refractivity contribution in [1.82, 2.24) is 19.4 Å². The molecule has 0 radical (unpaired) electrons. The van der Waals surface area contributed by atoms with Crippen LogP contribution in [0.4, 0.5) is 23.7 Å². The number of hydrogen-bond donors (Lipinski definition) is 0. The van der Waals surface area contributed by atoms with Gasteiger partial charge in [-0.15, -0.1) is 10.2 Å². The second kappa shape index (κ2) is 10.3. The number of alkyl halides is 3. The molecule has 2 heterocycles. The molecule has 3 aromatic rings. The van der Waals surface area contributed by atoms with Gasteiger partial charge >= 0.3 is 18.1 Å². The molecule has 0 bridgehead atoms. The number of para-hydroxylation sites is 1. The van der Waals surface area contributed by atoms with E-state index in [1.165, 1.54) is 0 Å². The summed E-state index contributed by atoms with van der Waals surface area (Å²) < 4.78 is 45.3. The van der Waals surface area contributed by atoms with Crippen LogP contribution in [0.15, 0.2) is 59.0 Å². The molecule has 1 aliphatic rings. The summed E-state index contributed by atoms with van der Waals surface area (Å²) >= 11 is 1.69. The molecule has 0 aliphatic carbocycles. The second-order valence-corrected chi connectivity index (χ2v) is 9.24. The normalized spacial score (nSPS) is 19.1. The van der Waals surface area contributed by atoms with E-state index in [-0.39, 0.29) is 24.0 Å². The SMILES string of the molecule is CSN1[C@H](C)CN(C(=O)N(Cc2ccc(-c3nnc(C(F)(F)F)o3)cc2)c2ccccc2)C[C@@H]1C. The number of carbonyl (C=O) groups excluding carboxylic acids is 1. The van der Waals surface area contributed by atoms with Crippen molar-refractivity contribution in [2.45, 2.75) is 38.7 Å². The van der Waals surface area contributed by atoms with Crippen molar-refractivity contribution in [1.29, 1.82) is 0 Å². The molecule has 1 saturated heterocycles. The minimum Gasteiger partial charge on any atom is -0.413 e. The van der Waals surface area contributed by atoms with Crippen molar-refractivity contribution in [3.05, 3.63) is 66.1 Å². The summed E-state index contributed by atoms with van der Waals surface area (Å²) in [5.41, 5.74) is 1.94. The lowest BCUT2D eigenvalue weighted by Crippen LogP contribution is -2.58. The zero-order valence-corrected chi connectivity index (χ0v) is 20.4. The number of nitrogens with zero attached hydrogens (tertiary/aromatic N) is 5. The minimum absolute atomic E-state index is 0.0913. The third-order valence-corrected chi connectivity index (χ3v) is 6.97. The molecule has 7 nitrogen and oxygen atoms in total. The lowest BCUT2D eigenvalue weighted by molar-refractivity contribution is -0.156. The Bertz CT molecular complexity index is 1130. The molecular formula is C24H26F3N5O2S. The van der Waals surface area contributed by atoms with Crippen molar-refractivity contribution in [3.8, 4) is 11.5 Å². The Hall–Kier alpha value is -3.05. The average molecular weight is 506 g/mol. The number of rotatable bonds is 5. The third-order valence-electron chi connectivity index (χ3n) is 5.83. The average Bonchev–Trinajstić information content (AvgIpc) is 3.34. The molecular weight excluding hydrogens is 479 g/mol. The van der Waals surface area contributed by atoms with Gasteiger partial charge in [0, 0.05) is 36.4 Å². The number of amides is 2. The molecule has 1 aliphatic heterocycles. The topological polar surface area (TPSA) is 65.7 Å². The molecule has 186 valence electrons. The number of benzene rings is 2. The molecule has 1 fully saturated rings. The summed E-state index contributed by atoms with van der Waals surface area (Å²) in [4.78, 5) is 17.3. The van der Waals surface area contributed by atoms with Gasteiger partial charge in [-0.3, -0.25) is 4.90 Å². The fourth-order valence-corrected chi connectivity index (χ4v) is 5.11. The van der Waals surface area contributed by atoms with Crippen molar-refractivity contribution in [2.24, 2.45) is 0 Å². The number of halogens is 3. The van der Waals surface area contributed by atoms with Crippen molar-refractivity contribution in [2.75, 3.05) is 24.2 Å². The molecule has 0 N–H and O–H groups in total. The van der Waals surface area contributed by atoms with E-state index in [2.05, 4.69) is 28.4 Å². The monoisotopic (exact) mass is 505 g/mol. The van der Waals surface area contributed by atoms with Crippen molar-refractivity contribution in [3.63, 3.8) is 0 Å². The highest BCUT2D eigenvalue weighted by Crippen LogP contribution is 2.31. The summed E-state index contributed by atoms with van der Waals surface area (Å²) in [6.07, 6.45) is -2.65. The standard InChI is InChI=1S/C24H26F3N5O2S/c1-16-13-30(14-17(2)32(16)35-3)23(33)31(20-7-5-4-6-8-20)15-18-9-11-19(12-10-18)21-28-29-22(34-21)24(25,26)27/h4-12,16-17H,13-15H2,1-3H3/t16-,17+. The van der Waals surface area contributed by atoms with Gasteiger partial charge in [0.1, 0.15) is 0 Å². The van der Waals surface area contributed by atoms with Gasteiger partial charge in [0.05, 0.1) is 6.54 Å². The number of hydrogen-bond acceptors (Lipinski definition) is 6. The molecule has 0 saturated carbocycles. The number of urea groups is 1. The Labute approximate surface area is 206 Å². The molecule has 0 unspecified atom stereocenters. The summed E-state index contributed by atoms with van der Waals surface area (Å²) in [6.45, 7) is 5.75. The number of anilines is 1. The van der Waals surface area contributed by atoms with Gasteiger partial charge in [-0.2, -0.15) is 13.2 Å². The van der Waals surface area contributed by atoms with Crippen molar-refractivity contribution < 1.29 is 22.4 Å². The van der Waals surface area contributed by atoms with E-state index in [4.69, 9.17) is 4.42 Å². The summed E-state index contributed by atoms with van der Waals surface area (Å²) in [6, 6.07) is 16.5. The molecule has 4 rings (SSSR count). The maximum atomic E-state index is 13.7. The highest BCUT2D eigenvalue weighted by molar-refractivity contribution is 7.96. The first kappa shape index (κ1) is 25.1. The van der Waals surface area contributed by atoms with Gasteiger partial charge in [-0.05, 0) is 49.9 Å². The van der Waals surface area contributed by atoms with Crippen LogP contribution in [0.1, 0.15) is 25.3 Å². The summed E-state index contributed by atoms with van der Waals surface area (Å²) in [5, 5.41) is 6.56. The maximum Gasteiger partial charge on any atom is 0.470 e. The van der Waals surface area contributed by atoms with Crippen LogP contribution in [-0.4, -0.2) is 56.9 Å². The molecule has 2 aromatic carbocycles. The first-order valence-electron chi connectivity index (χ1n) is 11.1. The predicted molar refractivity (Wildman–Crippen MR) is 129 cm³/mol.